The van der Waals surface area contributed by atoms with Crippen molar-refractivity contribution in [2.24, 2.45) is 0 Å². The van der Waals surface area contributed by atoms with E-state index in [9.17, 15) is 5.11 Å². The molecule has 1 aliphatic rings. The maximum Gasteiger partial charge on any atom is 0.119 e. The molecule has 1 heterocycles. The Morgan fingerprint density at radius 3 is 2.75 bits per heavy atom. The largest absolute Gasteiger partial charge is 0.492 e. The van der Waals surface area contributed by atoms with Gasteiger partial charge in [0, 0.05) is 31.6 Å². The molecule has 0 aromatic heterocycles. The molecule has 0 radical (unpaired) electrons. The van der Waals surface area contributed by atoms with Gasteiger partial charge in [0.15, 0.2) is 0 Å². The number of aliphatic hydroxyl groups excluding tert-OH is 2. The molecule has 1 aromatic rings. The van der Waals surface area contributed by atoms with Gasteiger partial charge in [-0.3, -0.25) is 4.90 Å². The van der Waals surface area contributed by atoms with Crippen LogP contribution in [0, 0.1) is 11.8 Å². The summed E-state index contributed by atoms with van der Waals surface area (Å²) in [5.74, 6) is 6.69. The average molecular weight is 275 g/mol. The first-order chi connectivity index (χ1) is 9.78. The van der Waals surface area contributed by atoms with E-state index in [4.69, 9.17) is 9.84 Å². The third kappa shape index (κ3) is 4.86. The molecule has 1 saturated heterocycles. The summed E-state index contributed by atoms with van der Waals surface area (Å²) in [6.45, 7) is 3.27. The number of hydrogen-bond acceptors (Lipinski definition) is 4. The molecule has 4 heteroatoms. The van der Waals surface area contributed by atoms with Crippen molar-refractivity contribution in [2.75, 3.05) is 32.8 Å². The molecule has 2 rings (SSSR count). The smallest absolute Gasteiger partial charge is 0.119 e. The lowest BCUT2D eigenvalue weighted by atomic mass is 10.2. The number of nitrogens with zero attached hydrogens (tertiary/aromatic N) is 1. The van der Waals surface area contributed by atoms with Crippen molar-refractivity contribution in [2.45, 2.75) is 18.9 Å². The van der Waals surface area contributed by atoms with Gasteiger partial charge in [-0.1, -0.05) is 11.8 Å². The Bertz CT molecular complexity index is 461. The van der Waals surface area contributed by atoms with Gasteiger partial charge in [-0.25, -0.2) is 0 Å². The highest BCUT2D eigenvalue weighted by Crippen LogP contribution is 2.12. The Morgan fingerprint density at radius 2 is 2.10 bits per heavy atom. The van der Waals surface area contributed by atoms with Crippen LogP contribution >= 0.6 is 0 Å². The summed E-state index contributed by atoms with van der Waals surface area (Å²) < 4.78 is 5.67. The number of hydrogen-bond donors (Lipinski definition) is 2. The van der Waals surface area contributed by atoms with E-state index in [1.807, 2.05) is 24.3 Å². The van der Waals surface area contributed by atoms with Crippen LogP contribution in [0.5, 0.6) is 5.75 Å². The molecule has 0 aliphatic carbocycles. The fourth-order valence-electron chi connectivity index (χ4n) is 2.16. The Morgan fingerprint density at radius 1 is 1.30 bits per heavy atom. The minimum absolute atomic E-state index is 0.0966. The molecule has 4 nitrogen and oxygen atoms in total. The predicted octanol–water partition coefficient (Wildman–Crippen LogP) is 0.866. The lowest BCUT2D eigenvalue weighted by Gasteiger charge is -2.15. The van der Waals surface area contributed by atoms with E-state index in [0.29, 0.717) is 13.0 Å². The highest BCUT2D eigenvalue weighted by Gasteiger charge is 2.19. The van der Waals surface area contributed by atoms with Gasteiger partial charge in [0.1, 0.15) is 12.4 Å². The third-order valence-electron chi connectivity index (χ3n) is 3.25. The van der Waals surface area contributed by atoms with Gasteiger partial charge < -0.3 is 14.9 Å². The van der Waals surface area contributed by atoms with Gasteiger partial charge in [0.05, 0.1) is 12.7 Å². The molecular formula is C16H21NO3. The quantitative estimate of drug-likeness (QED) is 0.783. The normalized spacial score (nSPS) is 18.6. The summed E-state index contributed by atoms with van der Waals surface area (Å²) >= 11 is 0. The summed E-state index contributed by atoms with van der Waals surface area (Å²) in [6, 6.07) is 7.64. The Balaban J connectivity index is 1.72. The summed E-state index contributed by atoms with van der Waals surface area (Å²) in [6.07, 6.45) is 1.19. The van der Waals surface area contributed by atoms with Crippen LogP contribution in [-0.2, 0) is 0 Å². The molecule has 20 heavy (non-hydrogen) atoms. The Labute approximate surface area is 120 Å². The fourth-order valence-corrected chi connectivity index (χ4v) is 2.16. The van der Waals surface area contributed by atoms with Gasteiger partial charge in [0.2, 0.25) is 0 Å². The Kier molecular flexibility index (Phi) is 5.87. The molecule has 1 aromatic carbocycles. The summed E-state index contributed by atoms with van der Waals surface area (Å²) in [4.78, 5) is 2.21. The molecular weight excluding hydrogens is 254 g/mol. The van der Waals surface area contributed by atoms with Gasteiger partial charge in [-0.05, 0) is 30.7 Å². The maximum absolute atomic E-state index is 9.42. The van der Waals surface area contributed by atoms with E-state index in [0.717, 1.165) is 37.4 Å². The first-order valence-corrected chi connectivity index (χ1v) is 7.01. The van der Waals surface area contributed by atoms with Gasteiger partial charge in [0.25, 0.3) is 0 Å². The maximum atomic E-state index is 9.42. The van der Waals surface area contributed by atoms with Crippen LogP contribution in [0.15, 0.2) is 24.3 Å². The van der Waals surface area contributed by atoms with Gasteiger partial charge in [-0.2, -0.15) is 0 Å². The zero-order valence-corrected chi connectivity index (χ0v) is 11.6. The lowest BCUT2D eigenvalue weighted by Crippen LogP contribution is -2.27. The number of aliphatic hydroxyl groups is 2. The van der Waals surface area contributed by atoms with Crippen LogP contribution in [0.4, 0.5) is 0 Å². The average Bonchev–Trinajstić information content (AvgIpc) is 2.87. The van der Waals surface area contributed by atoms with Crippen molar-refractivity contribution in [1.82, 2.24) is 4.90 Å². The number of rotatable bonds is 5. The fraction of sp³-hybridized carbons (Fsp3) is 0.500. The van der Waals surface area contributed by atoms with Crippen LogP contribution in [0.1, 0.15) is 18.4 Å². The van der Waals surface area contributed by atoms with Gasteiger partial charge in [-0.15, -0.1) is 0 Å². The van der Waals surface area contributed by atoms with Crippen LogP contribution in [0.25, 0.3) is 0 Å². The SMILES string of the molecule is OCCC#Cc1ccc(OCCN2CCC(O)C2)cc1. The summed E-state index contributed by atoms with van der Waals surface area (Å²) in [5.41, 5.74) is 0.925. The summed E-state index contributed by atoms with van der Waals surface area (Å²) in [7, 11) is 0. The first kappa shape index (κ1) is 14.9. The number of ether oxygens (including phenoxy) is 1. The van der Waals surface area contributed by atoms with Crippen molar-refractivity contribution in [3.05, 3.63) is 29.8 Å². The highest BCUT2D eigenvalue weighted by molar-refractivity contribution is 5.38. The second-order valence-electron chi connectivity index (χ2n) is 4.89. The highest BCUT2D eigenvalue weighted by atomic mass is 16.5. The van der Waals surface area contributed by atoms with Crippen molar-refractivity contribution in [3.8, 4) is 17.6 Å². The van der Waals surface area contributed by atoms with Crippen molar-refractivity contribution < 1.29 is 14.9 Å². The van der Waals surface area contributed by atoms with Crippen LogP contribution < -0.4 is 4.74 Å². The standard InChI is InChI=1S/C16H21NO3/c18-11-2-1-3-14-4-6-16(7-5-14)20-12-10-17-9-8-15(19)13-17/h4-7,15,18-19H,2,8-13H2. The molecule has 0 amide bonds. The van der Waals surface area contributed by atoms with E-state index in [1.165, 1.54) is 0 Å². The van der Waals surface area contributed by atoms with E-state index in [1.54, 1.807) is 0 Å². The predicted molar refractivity (Wildman–Crippen MR) is 77.6 cm³/mol. The molecule has 0 saturated carbocycles. The first-order valence-electron chi connectivity index (χ1n) is 7.01. The van der Waals surface area contributed by atoms with Crippen LogP contribution in [0.2, 0.25) is 0 Å². The monoisotopic (exact) mass is 275 g/mol. The molecule has 0 spiro atoms. The number of benzene rings is 1. The molecule has 1 aliphatic heterocycles. The topological polar surface area (TPSA) is 52.9 Å². The molecule has 1 unspecified atom stereocenters. The Hall–Kier alpha value is -1.54. The van der Waals surface area contributed by atoms with Crippen LogP contribution in [-0.4, -0.2) is 54.1 Å². The van der Waals surface area contributed by atoms with E-state index in [-0.39, 0.29) is 12.7 Å². The molecule has 0 bridgehead atoms. The van der Waals surface area contributed by atoms with Crippen molar-refractivity contribution >= 4 is 0 Å². The minimum Gasteiger partial charge on any atom is -0.492 e. The summed E-state index contributed by atoms with van der Waals surface area (Å²) in [5, 5.41) is 18.1. The van der Waals surface area contributed by atoms with Crippen LogP contribution in [0.3, 0.4) is 0 Å². The molecule has 2 N–H and O–H groups in total. The second kappa shape index (κ2) is 7.91. The number of likely N-dealkylation sites (tertiary alicyclic amines) is 1. The lowest BCUT2D eigenvalue weighted by molar-refractivity contribution is 0.167. The zero-order valence-electron chi connectivity index (χ0n) is 11.6. The molecule has 1 atom stereocenters. The number of β-amino-alcohol motifs (C(OH)–C–C–N with tert-alkyl or cyclic N) is 1. The minimum atomic E-state index is -0.174. The van der Waals surface area contributed by atoms with Gasteiger partial charge >= 0.3 is 0 Å². The zero-order chi connectivity index (χ0) is 14.2. The third-order valence-corrected chi connectivity index (χ3v) is 3.25. The van der Waals surface area contributed by atoms with E-state index < -0.39 is 0 Å². The molecule has 1 fully saturated rings. The van der Waals surface area contributed by atoms with E-state index in [2.05, 4.69) is 16.7 Å². The molecule has 108 valence electrons. The second-order valence-corrected chi connectivity index (χ2v) is 4.89. The van der Waals surface area contributed by atoms with E-state index >= 15 is 0 Å². The van der Waals surface area contributed by atoms with Crippen molar-refractivity contribution in [1.29, 1.82) is 0 Å². The van der Waals surface area contributed by atoms with Crippen molar-refractivity contribution in [3.63, 3.8) is 0 Å².